The van der Waals surface area contributed by atoms with E-state index >= 15 is 0 Å². The Hall–Kier alpha value is -2.08. The van der Waals surface area contributed by atoms with Gasteiger partial charge in [0.1, 0.15) is 11.6 Å². The molecular weight excluding hydrogens is 290 g/mol. The van der Waals surface area contributed by atoms with Crippen molar-refractivity contribution in [2.75, 3.05) is 43.9 Å². The zero-order valence-electron chi connectivity index (χ0n) is 14.1. The van der Waals surface area contributed by atoms with Crippen molar-refractivity contribution in [1.82, 2.24) is 14.9 Å². The van der Waals surface area contributed by atoms with Crippen molar-refractivity contribution in [3.05, 3.63) is 35.9 Å². The van der Waals surface area contributed by atoms with Crippen LogP contribution in [0.3, 0.4) is 0 Å². The fourth-order valence-corrected chi connectivity index (χ4v) is 3.10. The molecule has 0 saturated carbocycles. The average Bonchev–Trinajstić information content (AvgIpc) is 3.22. The van der Waals surface area contributed by atoms with Gasteiger partial charge in [-0.2, -0.15) is 4.98 Å². The number of rotatable bonds is 6. The molecule has 1 unspecified atom stereocenters. The van der Waals surface area contributed by atoms with E-state index in [4.69, 9.17) is 4.42 Å². The van der Waals surface area contributed by atoms with Gasteiger partial charge in [-0.1, -0.05) is 0 Å². The molecule has 3 rings (SSSR count). The highest BCUT2D eigenvalue weighted by atomic mass is 16.3. The summed E-state index contributed by atoms with van der Waals surface area (Å²) in [5.41, 5.74) is 1.07. The van der Waals surface area contributed by atoms with E-state index in [0.29, 0.717) is 5.95 Å². The van der Waals surface area contributed by atoms with Gasteiger partial charge < -0.3 is 14.6 Å². The average molecular weight is 315 g/mol. The van der Waals surface area contributed by atoms with Crippen LogP contribution in [0, 0.1) is 6.92 Å². The molecule has 1 N–H and O–H groups in total. The van der Waals surface area contributed by atoms with Crippen molar-refractivity contribution in [2.45, 2.75) is 25.8 Å². The molecule has 1 aliphatic rings. The second-order valence-electron chi connectivity index (χ2n) is 6.25. The summed E-state index contributed by atoms with van der Waals surface area (Å²) in [6.45, 7) is 4.99. The van der Waals surface area contributed by atoms with E-state index in [-0.39, 0.29) is 6.04 Å². The van der Waals surface area contributed by atoms with Crippen molar-refractivity contribution < 1.29 is 4.42 Å². The third-order valence-corrected chi connectivity index (χ3v) is 4.28. The monoisotopic (exact) mass is 315 g/mol. The quantitative estimate of drug-likeness (QED) is 0.884. The molecule has 0 radical (unpaired) electrons. The molecule has 0 aromatic carbocycles. The van der Waals surface area contributed by atoms with Gasteiger partial charge in [0, 0.05) is 32.4 Å². The predicted octanol–water partition coefficient (Wildman–Crippen LogP) is 2.69. The van der Waals surface area contributed by atoms with E-state index < -0.39 is 0 Å². The first-order valence-electron chi connectivity index (χ1n) is 8.17. The molecule has 1 atom stereocenters. The minimum atomic E-state index is 0.222. The minimum absolute atomic E-state index is 0.222. The lowest BCUT2D eigenvalue weighted by molar-refractivity contribution is 0.225. The highest BCUT2D eigenvalue weighted by Gasteiger charge is 2.25. The van der Waals surface area contributed by atoms with Gasteiger partial charge >= 0.3 is 0 Å². The molecule has 3 heterocycles. The van der Waals surface area contributed by atoms with Crippen LogP contribution in [0.4, 0.5) is 11.8 Å². The molecule has 23 heavy (non-hydrogen) atoms. The smallest absolute Gasteiger partial charge is 0.224 e. The van der Waals surface area contributed by atoms with Gasteiger partial charge in [0.2, 0.25) is 5.95 Å². The number of likely N-dealkylation sites (tertiary alicyclic amines) is 1. The molecular formula is C17H25N5O. The molecule has 2 aromatic heterocycles. The largest absolute Gasteiger partial charge is 0.468 e. The van der Waals surface area contributed by atoms with E-state index in [1.165, 1.54) is 12.8 Å². The molecule has 2 aromatic rings. The van der Waals surface area contributed by atoms with Gasteiger partial charge in [-0.3, -0.25) is 4.90 Å². The molecule has 1 aliphatic heterocycles. The number of nitrogens with zero attached hydrogens (tertiary/aromatic N) is 4. The van der Waals surface area contributed by atoms with Crippen LogP contribution in [0.2, 0.25) is 0 Å². The molecule has 0 amide bonds. The van der Waals surface area contributed by atoms with Gasteiger partial charge in [0.15, 0.2) is 0 Å². The van der Waals surface area contributed by atoms with Crippen LogP contribution < -0.4 is 10.2 Å². The number of aromatic nitrogens is 2. The maximum Gasteiger partial charge on any atom is 0.224 e. The number of aryl methyl sites for hydroxylation is 1. The molecule has 1 saturated heterocycles. The first-order valence-corrected chi connectivity index (χ1v) is 8.17. The summed E-state index contributed by atoms with van der Waals surface area (Å²) in [4.78, 5) is 13.5. The van der Waals surface area contributed by atoms with Gasteiger partial charge in [0.25, 0.3) is 0 Å². The number of anilines is 2. The standard InChI is InChI=1S/C17H25N5O/c1-13-11-18-17(20-16(13)21(2)3)19-12-14(15-7-6-10-23-15)22-8-4-5-9-22/h6-7,10-11,14H,4-5,8-9,12H2,1-3H3,(H,18,19,20). The Balaban J connectivity index is 1.73. The van der Waals surface area contributed by atoms with Crippen LogP contribution in [-0.4, -0.2) is 48.6 Å². The summed E-state index contributed by atoms with van der Waals surface area (Å²) in [6.07, 6.45) is 6.11. The maximum absolute atomic E-state index is 5.65. The van der Waals surface area contributed by atoms with Crippen molar-refractivity contribution in [1.29, 1.82) is 0 Å². The highest BCUT2D eigenvalue weighted by Crippen LogP contribution is 2.26. The molecule has 0 aliphatic carbocycles. The lowest BCUT2D eigenvalue weighted by Crippen LogP contribution is -2.31. The van der Waals surface area contributed by atoms with Gasteiger partial charge in [-0.25, -0.2) is 4.98 Å². The van der Waals surface area contributed by atoms with Crippen molar-refractivity contribution >= 4 is 11.8 Å². The van der Waals surface area contributed by atoms with E-state index in [0.717, 1.165) is 36.8 Å². The Labute approximate surface area is 137 Å². The first kappa shape index (κ1) is 15.8. The fraction of sp³-hybridized carbons (Fsp3) is 0.529. The number of hydrogen-bond donors (Lipinski definition) is 1. The Kier molecular flexibility index (Phi) is 4.81. The van der Waals surface area contributed by atoms with Crippen LogP contribution in [0.25, 0.3) is 0 Å². The number of hydrogen-bond acceptors (Lipinski definition) is 6. The van der Waals surface area contributed by atoms with Gasteiger partial charge in [-0.15, -0.1) is 0 Å². The fourth-order valence-electron chi connectivity index (χ4n) is 3.10. The third kappa shape index (κ3) is 3.64. The maximum atomic E-state index is 5.65. The Morgan fingerprint density at radius 1 is 1.35 bits per heavy atom. The summed E-state index contributed by atoms with van der Waals surface area (Å²) in [5.74, 6) is 2.60. The summed E-state index contributed by atoms with van der Waals surface area (Å²) in [6, 6.07) is 4.22. The van der Waals surface area contributed by atoms with Gasteiger partial charge in [0.05, 0.1) is 12.3 Å². The topological polar surface area (TPSA) is 57.4 Å². The Morgan fingerprint density at radius 2 is 2.13 bits per heavy atom. The van der Waals surface area contributed by atoms with Gasteiger partial charge in [-0.05, 0) is 45.0 Å². The zero-order chi connectivity index (χ0) is 16.2. The predicted molar refractivity (Wildman–Crippen MR) is 91.8 cm³/mol. The molecule has 1 fully saturated rings. The van der Waals surface area contributed by atoms with Crippen LogP contribution in [0.15, 0.2) is 29.0 Å². The second kappa shape index (κ2) is 7.00. The SMILES string of the molecule is Cc1cnc(NCC(c2ccco2)N2CCCC2)nc1N(C)C. The first-order chi connectivity index (χ1) is 11.1. The lowest BCUT2D eigenvalue weighted by Gasteiger charge is -2.26. The Morgan fingerprint density at radius 3 is 2.78 bits per heavy atom. The molecule has 124 valence electrons. The van der Waals surface area contributed by atoms with E-state index in [1.807, 2.05) is 44.2 Å². The second-order valence-corrected chi connectivity index (χ2v) is 6.25. The molecule has 6 nitrogen and oxygen atoms in total. The van der Waals surface area contributed by atoms with Crippen molar-refractivity contribution in [2.24, 2.45) is 0 Å². The third-order valence-electron chi connectivity index (χ3n) is 4.28. The van der Waals surface area contributed by atoms with E-state index in [1.54, 1.807) is 6.26 Å². The van der Waals surface area contributed by atoms with Crippen LogP contribution >= 0.6 is 0 Å². The lowest BCUT2D eigenvalue weighted by atomic mass is 10.2. The molecule has 0 bridgehead atoms. The van der Waals surface area contributed by atoms with Crippen molar-refractivity contribution in [3.63, 3.8) is 0 Å². The zero-order valence-corrected chi connectivity index (χ0v) is 14.1. The number of furan rings is 1. The van der Waals surface area contributed by atoms with Crippen molar-refractivity contribution in [3.8, 4) is 0 Å². The van der Waals surface area contributed by atoms with E-state index in [2.05, 4.69) is 20.2 Å². The summed E-state index contributed by atoms with van der Waals surface area (Å²) in [5, 5.41) is 3.38. The van der Waals surface area contributed by atoms with Crippen LogP contribution in [0.5, 0.6) is 0 Å². The molecule has 0 spiro atoms. The highest BCUT2D eigenvalue weighted by molar-refractivity contribution is 5.47. The molecule has 6 heteroatoms. The normalized spacial score (nSPS) is 16.5. The Bertz CT molecular complexity index is 620. The summed E-state index contributed by atoms with van der Waals surface area (Å²) < 4.78 is 5.65. The number of nitrogens with one attached hydrogen (secondary N) is 1. The summed E-state index contributed by atoms with van der Waals surface area (Å²) >= 11 is 0. The van der Waals surface area contributed by atoms with Crippen LogP contribution in [-0.2, 0) is 0 Å². The van der Waals surface area contributed by atoms with E-state index in [9.17, 15) is 0 Å². The summed E-state index contributed by atoms with van der Waals surface area (Å²) in [7, 11) is 3.99. The van der Waals surface area contributed by atoms with Crippen LogP contribution in [0.1, 0.15) is 30.2 Å². The minimum Gasteiger partial charge on any atom is -0.468 e.